The highest BCUT2D eigenvalue weighted by Crippen LogP contribution is 2.44. The van der Waals surface area contributed by atoms with Crippen LogP contribution >= 0.6 is 0 Å². The molecule has 0 spiro atoms. The predicted molar refractivity (Wildman–Crippen MR) is 220 cm³/mol. The first-order valence-corrected chi connectivity index (χ1v) is 18.5. The van der Waals surface area contributed by atoms with Gasteiger partial charge in [0.15, 0.2) is 0 Å². The summed E-state index contributed by atoms with van der Waals surface area (Å²) in [6.07, 6.45) is 8.59. The van der Waals surface area contributed by atoms with Gasteiger partial charge in [-0.05, 0) is 82.1 Å². The van der Waals surface area contributed by atoms with Crippen LogP contribution in [0.1, 0.15) is 0 Å². The SMILES string of the molecule is C1=CC2Oc3ccccc3N(c3ccc(-c4cc5c6c(c4)-n4c7ccccc7c7cccc(c74)B6c4cccc6c7ccccc7n-5c46)cc3)C2C=C1. The molecule has 9 aromatic rings. The maximum Gasteiger partial charge on any atom is 0.252 e. The van der Waals surface area contributed by atoms with E-state index in [1.165, 1.54) is 82.5 Å². The lowest BCUT2D eigenvalue weighted by Gasteiger charge is -2.42. The molecular formula is C48H30BN3O. The largest absolute Gasteiger partial charge is 0.482 e. The lowest BCUT2D eigenvalue weighted by molar-refractivity contribution is 0.218. The van der Waals surface area contributed by atoms with E-state index in [0.29, 0.717) is 0 Å². The van der Waals surface area contributed by atoms with Gasteiger partial charge in [0, 0.05) is 49.6 Å². The number of anilines is 2. The fraction of sp³-hybridized carbons (Fsp3) is 0.0417. The monoisotopic (exact) mass is 675 g/mol. The van der Waals surface area contributed by atoms with Crippen LogP contribution in [-0.4, -0.2) is 28.0 Å². The van der Waals surface area contributed by atoms with Crippen molar-refractivity contribution >= 4 is 78.1 Å². The van der Waals surface area contributed by atoms with Gasteiger partial charge in [0.05, 0.1) is 22.8 Å². The fourth-order valence-corrected chi connectivity index (χ4v) is 10.1. The molecule has 7 aromatic carbocycles. The molecule has 0 amide bonds. The molecule has 0 fully saturated rings. The van der Waals surface area contributed by atoms with Gasteiger partial charge < -0.3 is 18.8 Å². The number of hydrogen-bond donors (Lipinski definition) is 0. The van der Waals surface area contributed by atoms with Gasteiger partial charge in [-0.15, -0.1) is 0 Å². The maximum absolute atomic E-state index is 6.43. The molecule has 4 nitrogen and oxygen atoms in total. The Balaban J connectivity index is 1.08. The number of aromatic nitrogens is 2. The highest BCUT2D eigenvalue weighted by atomic mass is 16.5. The summed E-state index contributed by atoms with van der Waals surface area (Å²) in [5, 5.41) is 5.22. The number of allylic oxidation sites excluding steroid dienone is 2. The molecule has 5 heterocycles. The lowest BCUT2D eigenvalue weighted by atomic mass is 9.34. The van der Waals surface area contributed by atoms with Crippen molar-refractivity contribution in [3.05, 3.63) is 170 Å². The zero-order valence-electron chi connectivity index (χ0n) is 28.6. The Bertz CT molecular complexity index is 2990. The molecule has 3 aliphatic heterocycles. The van der Waals surface area contributed by atoms with Crippen molar-refractivity contribution in [2.24, 2.45) is 0 Å². The summed E-state index contributed by atoms with van der Waals surface area (Å²) in [7, 11) is 0. The second kappa shape index (κ2) is 9.99. The molecule has 2 atom stereocenters. The third kappa shape index (κ3) is 3.52. The van der Waals surface area contributed by atoms with Crippen LogP contribution < -0.4 is 26.0 Å². The van der Waals surface area contributed by atoms with Gasteiger partial charge in [0.2, 0.25) is 0 Å². The zero-order valence-corrected chi connectivity index (χ0v) is 28.6. The normalized spacial score (nSPS) is 17.4. The van der Waals surface area contributed by atoms with Gasteiger partial charge >= 0.3 is 0 Å². The Morgan fingerprint density at radius 2 is 1.08 bits per heavy atom. The third-order valence-corrected chi connectivity index (χ3v) is 12.2. The molecule has 1 aliphatic carbocycles. The van der Waals surface area contributed by atoms with E-state index in [1.54, 1.807) is 0 Å². The summed E-state index contributed by atoms with van der Waals surface area (Å²) >= 11 is 0. The number of hydrogen-bond acceptors (Lipinski definition) is 2. The molecule has 5 heteroatoms. The van der Waals surface area contributed by atoms with Crippen LogP contribution in [0.15, 0.2) is 170 Å². The summed E-state index contributed by atoms with van der Waals surface area (Å²) in [5.41, 5.74) is 16.5. The molecule has 0 saturated carbocycles. The highest BCUT2D eigenvalue weighted by Gasteiger charge is 2.41. The van der Waals surface area contributed by atoms with Gasteiger partial charge in [0.25, 0.3) is 6.71 Å². The van der Waals surface area contributed by atoms with Crippen molar-refractivity contribution in [3.63, 3.8) is 0 Å². The lowest BCUT2D eigenvalue weighted by Crippen LogP contribution is -2.59. The van der Waals surface area contributed by atoms with Crippen LogP contribution in [0.2, 0.25) is 0 Å². The van der Waals surface area contributed by atoms with Crippen LogP contribution in [0.5, 0.6) is 5.75 Å². The van der Waals surface area contributed by atoms with Gasteiger partial charge in [-0.2, -0.15) is 0 Å². The number of rotatable bonds is 2. The van der Waals surface area contributed by atoms with E-state index in [4.69, 9.17) is 4.74 Å². The minimum atomic E-state index is -0.0384. The number of benzene rings is 7. The number of para-hydroxylation sites is 6. The van der Waals surface area contributed by atoms with E-state index >= 15 is 0 Å². The molecule has 4 aliphatic rings. The third-order valence-electron chi connectivity index (χ3n) is 12.2. The number of fused-ring (bicyclic) bond motifs is 12. The van der Waals surface area contributed by atoms with E-state index in [2.05, 4.69) is 184 Å². The van der Waals surface area contributed by atoms with Crippen molar-refractivity contribution in [3.8, 4) is 28.3 Å². The smallest absolute Gasteiger partial charge is 0.252 e. The second-order valence-corrected chi connectivity index (χ2v) is 14.8. The molecule has 0 radical (unpaired) electrons. The first-order valence-electron chi connectivity index (χ1n) is 18.5. The number of ether oxygens (including phenoxy) is 1. The van der Waals surface area contributed by atoms with Gasteiger partial charge in [0.1, 0.15) is 11.9 Å². The average molecular weight is 676 g/mol. The van der Waals surface area contributed by atoms with E-state index in [0.717, 1.165) is 17.1 Å². The topological polar surface area (TPSA) is 22.3 Å². The molecule has 2 unspecified atom stereocenters. The van der Waals surface area contributed by atoms with Crippen molar-refractivity contribution in [1.29, 1.82) is 0 Å². The Labute approximate surface area is 306 Å². The Kier molecular flexibility index (Phi) is 5.27. The minimum absolute atomic E-state index is 0.0384. The summed E-state index contributed by atoms with van der Waals surface area (Å²) in [5.74, 6) is 0.914. The van der Waals surface area contributed by atoms with E-state index in [1.807, 2.05) is 0 Å². The first kappa shape index (κ1) is 27.9. The average Bonchev–Trinajstić information content (AvgIpc) is 3.74. The predicted octanol–water partition coefficient (Wildman–Crippen LogP) is 9.08. The summed E-state index contributed by atoms with van der Waals surface area (Å²) in [6.45, 7) is 0.129. The standard InChI is InChI=1S/C48H30BN3O/c1-3-17-38-32(11-1)34-13-9-15-36-47(34)51(38)42-27-30(28-43-46(42)49(36)37-16-10-14-35-33-12-2-4-18-39(33)52(43)48(35)37)29-23-25-31(26-24-29)50-40-19-5-7-21-44(40)53-45-22-8-6-20-41(45)50/h1-28,40,44H. The molecule has 2 aromatic heterocycles. The Morgan fingerprint density at radius 3 is 1.75 bits per heavy atom. The summed E-state index contributed by atoms with van der Waals surface area (Å²) < 4.78 is 11.5. The molecule has 13 rings (SSSR count). The quantitative estimate of drug-likeness (QED) is 0.171. The van der Waals surface area contributed by atoms with Gasteiger partial charge in [-0.3, -0.25) is 0 Å². The summed E-state index contributed by atoms with van der Waals surface area (Å²) in [4.78, 5) is 2.42. The molecule has 0 bridgehead atoms. The zero-order chi connectivity index (χ0) is 34.4. The van der Waals surface area contributed by atoms with E-state index < -0.39 is 0 Å². The van der Waals surface area contributed by atoms with Crippen LogP contribution in [-0.2, 0) is 0 Å². The first-order chi connectivity index (χ1) is 26.3. The van der Waals surface area contributed by atoms with Crippen molar-refractivity contribution in [1.82, 2.24) is 9.13 Å². The minimum Gasteiger partial charge on any atom is -0.482 e. The summed E-state index contributed by atoms with van der Waals surface area (Å²) in [6, 6.07) is 54.2. The van der Waals surface area contributed by atoms with Crippen LogP contribution in [0.3, 0.4) is 0 Å². The van der Waals surface area contributed by atoms with Crippen molar-refractivity contribution in [2.75, 3.05) is 4.90 Å². The maximum atomic E-state index is 6.43. The van der Waals surface area contributed by atoms with E-state index in [9.17, 15) is 0 Å². The van der Waals surface area contributed by atoms with Crippen molar-refractivity contribution < 1.29 is 4.74 Å². The van der Waals surface area contributed by atoms with Gasteiger partial charge in [-0.25, -0.2) is 0 Å². The van der Waals surface area contributed by atoms with E-state index in [-0.39, 0.29) is 18.9 Å². The van der Waals surface area contributed by atoms with Gasteiger partial charge in [-0.1, -0.05) is 115 Å². The molecule has 53 heavy (non-hydrogen) atoms. The fourth-order valence-electron chi connectivity index (χ4n) is 10.1. The van der Waals surface area contributed by atoms with Crippen LogP contribution in [0.4, 0.5) is 11.4 Å². The molecular weight excluding hydrogens is 645 g/mol. The molecule has 0 saturated heterocycles. The van der Waals surface area contributed by atoms with Crippen LogP contribution in [0.25, 0.3) is 66.1 Å². The highest BCUT2D eigenvalue weighted by molar-refractivity contribution is 7.00. The van der Waals surface area contributed by atoms with Crippen molar-refractivity contribution in [2.45, 2.75) is 12.1 Å². The second-order valence-electron chi connectivity index (χ2n) is 14.8. The molecule has 246 valence electrons. The Morgan fingerprint density at radius 1 is 0.491 bits per heavy atom. The number of nitrogens with zero attached hydrogens (tertiary/aromatic N) is 3. The Hall–Kier alpha value is -6.72. The molecule has 0 N–H and O–H groups in total. The van der Waals surface area contributed by atoms with Crippen LogP contribution in [0, 0.1) is 0 Å².